The first-order chi connectivity index (χ1) is 17.0. The summed E-state index contributed by atoms with van der Waals surface area (Å²) in [5, 5.41) is 2.68. The number of thiophene rings is 1. The third kappa shape index (κ3) is 5.86. The van der Waals surface area contributed by atoms with Gasteiger partial charge in [-0.1, -0.05) is 23.7 Å². The predicted molar refractivity (Wildman–Crippen MR) is 139 cm³/mol. The Balaban J connectivity index is 1.52. The summed E-state index contributed by atoms with van der Waals surface area (Å²) in [5.74, 6) is 0.885. The van der Waals surface area contributed by atoms with Crippen LogP contribution in [0.25, 0.3) is 0 Å². The lowest BCUT2D eigenvalue weighted by Gasteiger charge is -2.37. The Hall–Kier alpha value is -3.29. The van der Waals surface area contributed by atoms with Crippen molar-refractivity contribution in [1.82, 2.24) is 9.80 Å². The summed E-state index contributed by atoms with van der Waals surface area (Å²) in [6.07, 6.45) is 2.40. The van der Waals surface area contributed by atoms with E-state index in [0.29, 0.717) is 35.2 Å². The van der Waals surface area contributed by atoms with E-state index >= 15 is 0 Å². The van der Waals surface area contributed by atoms with Crippen LogP contribution in [0.15, 0.2) is 72.6 Å². The summed E-state index contributed by atoms with van der Waals surface area (Å²) >= 11 is 7.68. The highest BCUT2D eigenvalue weighted by Gasteiger charge is 2.33. The SMILES string of the molecule is C=CCN(CC(=O)N1CCc2sccc2C1COc1ccc(Cl)cc1)C(=O)c1cccc(OC)c1. The summed E-state index contributed by atoms with van der Waals surface area (Å²) in [5.41, 5.74) is 1.55. The maximum atomic E-state index is 13.5. The second-order valence-corrected chi connectivity index (χ2v) is 9.56. The smallest absolute Gasteiger partial charge is 0.254 e. The Kier molecular flexibility index (Phi) is 8.10. The average Bonchev–Trinajstić information content (AvgIpc) is 3.36. The van der Waals surface area contributed by atoms with Crippen molar-refractivity contribution in [3.63, 3.8) is 0 Å². The molecule has 1 aromatic heterocycles. The van der Waals surface area contributed by atoms with Crippen LogP contribution in [0.2, 0.25) is 5.02 Å². The van der Waals surface area contributed by atoms with Gasteiger partial charge in [0.25, 0.3) is 5.91 Å². The van der Waals surface area contributed by atoms with Crippen molar-refractivity contribution >= 4 is 34.8 Å². The average molecular weight is 511 g/mol. The van der Waals surface area contributed by atoms with Gasteiger partial charge in [-0.25, -0.2) is 0 Å². The van der Waals surface area contributed by atoms with Gasteiger partial charge >= 0.3 is 0 Å². The second-order valence-electron chi connectivity index (χ2n) is 8.12. The molecule has 0 bridgehead atoms. The number of carbonyl (C=O) groups excluding carboxylic acids is 2. The molecule has 0 radical (unpaired) electrons. The number of hydrogen-bond donors (Lipinski definition) is 0. The standard InChI is InChI=1S/C27H27ClN2O4S/c1-3-13-29(27(32)19-5-4-6-22(16-19)33-2)17-26(31)30-14-11-25-23(12-15-35-25)24(30)18-34-21-9-7-20(28)8-10-21/h3-10,12,15-16,24H,1,11,13-14,17-18H2,2H3. The quantitative estimate of drug-likeness (QED) is 0.369. The molecule has 1 aliphatic rings. The Morgan fingerprint density at radius 3 is 2.74 bits per heavy atom. The van der Waals surface area contributed by atoms with Gasteiger partial charge < -0.3 is 19.3 Å². The maximum absolute atomic E-state index is 13.5. The first-order valence-electron chi connectivity index (χ1n) is 11.3. The lowest BCUT2D eigenvalue weighted by Crippen LogP contribution is -2.47. The number of rotatable bonds is 9. The third-order valence-electron chi connectivity index (χ3n) is 5.92. The minimum absolute atomic E-state index is 0.0566. The topological polar surface area (TPSA) is 59.1 Å². The van der Waals surface area contributed by atoms with Gasteiger partial charge in [0.05, 0.1) is 13.2 Å². The molecule has 0 spiro atoms. The van der Waals surface area contributed by atoms with Crippen LogP contribution >= 0.6 is 22.9 Å². The maximum Gasteiger partial charge on any atom is 0.254 e. The van der Waals surface area contributed by atoms with Crippen molar-refractivity contribution in [2.75, 3.05) is 33.4 Å². The van der Waals surface area contributed by atoms with Crippen molar-refractivity contribution in [2.24, 2.45) is 0 Å². The molecule has 35 heavy (non-hydrogen) atoms. The molecule has 2 heterocycles. The third-order valence-corrected chi connectivity index (χ3v) is 7.16. The highest BCUT2D eigenvalue weighted by Crippen LogP contribution is 2.34. The fraction of sp³-hybridized carbons (Fsp3) is 0.259. The van der Waals surface area contributed by atoms with E-state index in [1.165, 1.54) is 9.78 Å². The zero-order valence-electron chi connectivity index (χ0n) is 19.5. The van der Waals surface area contributed by atoms with E-state index in [4.69, 9.17) is 21.1 Å². The number of hydrogen-bond acceptors (Lipinski definition) is 5. The van der Waals surface area contributed by atoms with Gasteiger partial charge in [-0.15, -0.1) is 17.9 Å². The molecule has 0 aliphatic carbocycles. The molecule has 1 atom stereocenters. The highest BCUT2D eigenvalue weighted by atomic mass is 35.5. The summed E-state index contributed by atoms with van der Waals surface area (Å²) < 4.78 is 11.3. The van der Waals surface area contributed by atoms with E-state index in [1.807, 2.05) is 22.4 Å². The molecule has 182 valence electrons. The lowest BCUT2D eigenvalue weighted by atomic mass is 10.0. The molecular formula is C27H27ClN2O4S. The molecule has 2 amide bonds. The molecule has 0 saturated carbocycles. The van der Waals surface area contributed by atoms with Gasteiger partial charge in [-0.05, 0) is 65.9 Å². The van der Waals surface area contributed by atoms with Gasteiger partial charge in [-0.2, -0.15) is 0 Å². The molecule has 2 aromatic carbocycles. The number of amides is 2. The lowest BCUT2D eigenvalue weighted by molar-refractivity contribution is -0.135. The van der Waals surface area contributed by atoms with Gasteiger partial charge in [0, 0.05) is 28.6 Å². The molecule has 0 saturated heterocycles. The molecule has 1 aliphatic heterocycles. The van der Waals surface area contributed by atoms with Crippen molar-refractivity contribution in [1.29, 1.82) is 0 Å². The fourth-order valence-corrected chi connectivity index (χ4v) is 5.20. The van der Waals surface area contributed by atoms with Crippen molar-refractivity contribution in [3.8, 4) is 11.5 Å². The molecule has 1 unspecified atom stereocenters. The van der Waals surface area contributed by atoms with Crippen LogP contribution in [0.1, 0.15) is 26.8 Å². The molecule has 8 heteroatoms. The van der Waals surface area contributed by atoms with Gasteiger partial charge in [0.15, 0.2) is 0 Å². The van der Waals surface area contributed by atoms with Crippen molar-refractivity contribution in [3.05, 3.63) is 93.7 Å². The van der Waals surface area contributed by atoms with Crippen molar-refractivity contribution in [2.45, 2.75) is 12.5 Å². The van der Waals surface area contributed by atoms with Crippen LogP contribution in [0.4, 0.5) is 0 Å². The zero-order valence-corrected chi connectivity index (χ0v) is 21.1. The van der Waals surface area contributed by atoms with E-state index in [0.717, 1.165) is 12.0 Å². The Bertz CT molecular complexity index is 1190. The summed E-state index contributed by atoms with van der Waals surface area (Å²) in [6.45, 7) is 4.84. The minimum Gasteiger partial charge on any atom is -0.497 e. The zero-order chi connectivity index (χ0) is 24.8. The van der Waals surface area contributed by atoms with Crippen LogP contribution in [-0.4, -0.2) is 55.0 Å². The summed E-state index contributed by atoms with van der Waals surface area (Å²) in [7, 11) is 1.55. The normalized spacial score (nSPS) is 14.7. The van der Waals surface area contributed by atoms with Crippen LogP contribution in [-0.2, 0) is 11.2 Å². The molecule has 6 nitrogen and oxygen atoms in total. The minimum atomic E-state index is -0.251. The first-order valence-corrected chi connectivity index (χ1v) is 12.5. The van der Waals surface area contributed by atoms with Crippen LogP contribution in [0, 0.1) is 0 Å². The second kappa shape index (κ2) is 11.4. The number of ether oxygens (including phenoxy) is 2. The number of nitrogens with zero attached hydrogens (tertiary/aromatic N) is 2. The predicted octanol–water partition coefficient (Wildman–Crippen LogP) is 5.24. The number of benzene rings is 2. The Labute approximate surface area is 214 Å². The van der Waals surface area contributed by atoms with Crippen molar-refractivity contribution < 1.29 is 19.1 Å². The number of fused-ring (bicyclic) bond motifs is 1. The van der Waals surface area contributed by atoms with Crippen LogP contribution in [0.3, 0.4) is 0 Å². The Morgan fingerprint density at radius 2 is 2.00 bits per heavy atom. The molecular weight excluding hydrogens is 484 g/mol. The number of carbonyl (C=O) groups is 2. The summed E-state index contributed by atoms with van der Waals surface area (Å²) in [6, 6.07) is 15.9. The van der Waals surface area contributed by atoms with E-state index < -0.39 is 0 Å². The summed E-state index contributed by atoms with van der Waals surface area (Å²) in [4.78, 5) is 31.3. The van der Waals surface area contributed by atoms with E-state index in [2.05, 4.69) is 12.6 Å². The molecule has 3 aromatic rings. The van der Waals surface area contributed by atoms with E-state index in [1.54, 1.807) is 60.9 Å². The van der Waals surface area contributed by atoms with E-state index in [9.17, 15) is 9.59 Å². The molecule has 0 N–H and O–H groups in total. The number of halogens is 1. The van der Waals surface area contributed by atoms with Crippen LogP contribution in [0.5, 0.6) is 11.5 Å². The first kappa shape index (κ1) is 24.8. The monoisotopic (exact) mass is 510 g/mol. The largest absolute Gasteiger partial charge is 0.497 e. The van der Waals surface area contributed by atoms with Gasteiger partial charge in [0.2, 0.25) is 5.91 Å². The van der Waals surface area contributed by atoms with E-state index in [-0.39, 0.29) is 30.9 Å². The van der Waals surface area contributed by atoms with Crippen LogP contribution < -0.4 is 9.47 Å². The van der Waals surface area contributed by atoms with Gasteiger partial charge in [0.1, 0.15) is 24.7 Å². The molecule has 4 rings (SSSR count). The fourth-order valence-electron chi connectivity index (χ4n) is 4.15. The number of methoxy groups -OCH3 is 1. The molecule has 0 fully saturated rings. The van der Waals surface area contributed by atoms with Gasteiger partial charge in [-0.3, -0.25) is 9.59 Å². The highest BCUT2D eigenvalue weighted by molar-refractivity contribution is 7.10. The Morgan fingerprint density at radius 1 is 1.20 bits per heavy atom.